The first-order chi connectivity index (χ1) is 9.81. The summed E-state index contributed by atoms with van der Waals surface area (Å²) >= 11 is 0. The number of ether oxygens (including phenoxy) is 1. The summed E-state index contributed by atoms with van der Waals surface area (Å²) in [4.78, 5) is 16.0. The summed E-state index contributed by atoms with van der Waals surface area (Å²) in [5.74, 6) is 0.580. The number of piperazine rings is 1. The van der Waals surface area contributed by atoms with Crippen LogP contribution in [-0.4, -0.2) is 42.7 Å². The van der Waals surface area contributed by atoms with Crippen LogP contribution in [0.25, 0.3) is 0 Å². The first kappa shape index (κ1) is 17.2. The lowest BCUT2D eigenvalue weighted by Gasteiger charge is -2.33. The Morgan fingerprint density at radius 2 is 2.19 bits per heavy atom. The second-order valence-electron chi connectivity index (χ2n) is 6.07. The topological polar surface area (TPSA) is 80.5 Å². The molecular formula is C15H26N4O2. The molecule has 1 saturated heterocycles. The molecule has 2 rings (SSSR count). The zero-order chi connectivity index (χ0) is 15.9. The van der Waals surface area contributed by atoms with Crippen molar-refractivity contribution in [2.75, 3.05) is 30.3 Å². The van der Waals surface area contributed by atoms with Crippen molar-refractivity contribution < 1.29 is 9.53 Å². The standard InChI is InChI=1S/C10H16N4.C5H10O2/c1-8-7-14(5-4-12-8)9-2-3-10(11)13-6-9;1-5(2,3)7-4-6/h2-3,6,8,12H,4-5,7H2,1H3,(H2,11,13);4H,1-3H3. The lowest BCUT2D eigenvalue weighted by atomic mass is 10.2. The van der Waals surface area contributed by atoms with Crippen LogP contribution in [0.15, 0.2) is 18.3 Å². The molecule has 0 spiro atoms. The summed E-state index contributed by atoms with van der Waals surface area (Å²) in [6, 6.07) is 4.42. The van der Waals surface area contributed by atoms with Crippen molar-refractivity contribution in [1.29, 1.82) is 0 Å². The minimum Gasteiger partial charge on any atom is -0.462 e. The Bertz CT molecular complexity index is 428. The zero-order valence-corrected chi connectivity index (χ0v) is 13.3. The predicted molar refractivity (Wildman–Crippen MR) is 85.2 cm³/mol. The molecule has 0 amide bonds. The number of nitrogen functional groups attached to an aromatic ring is 1. The number of nitrogens with one attached hydrogen (secondary N) is 1. The van der Waals surface area contributed by atoms with Crippen LogP contribution in [0.3, 0.4) is 0 Å². The van der Waals surface area contributed by atoms with Gasteiger partial charge >= 0.3 is 0 Å². The summed E-state index contributed by atoms with van der Waals surface area (Å²) < 4.78 is 4.55. The lowest BCUT2D eigenvalue weighted by molar-refractivity contribution is -0.138. The van der Waals surface area contributed by atoms with E-state index in [1.165, 1.54) is 0 Å². The van der Waals surface area contributed by atoms with Crippen LogP contribution in [0.4, 0.5) is 11.5 Å². The van der Waals surface area contributed by atoms with Crippen molar-refractivity contribution in [3.8, 4) is 0 Å². The molecule has 1 aromatic heterocycles. The van der Waals surface area contributed by atoms with Crippen LogP contribution >= 0.6 is 0 Å². The smallest absolute Gasteiger partial charge is 0.293 e. The molecule has 3 N–H and O–H groups in total. The average Bonchev–Trinajstić information content (AvgIpc) is 2.39. The molecule has 1 atom stereocenters. The third-order valence-corrected chi connectivity index (χ3v) is 2.91. The van der Waals surface area contributed by atoms with Crippen LogP contribution in [-0.2, 0) is 9.53 Å². The van der Waals surface area contributed by atoms with Gasteiger partial charge in [0.25, 0.3) is 6.47 Å². The minimum absolute atomic E-state index is 0.318. The van der Waals surface area contributed by atoms with Gasteiger partial charge < -0.3 is 20.7 Å². The largest absolute Gasteiger partial charge is 0.462 e. The number of anilines is 2. The molecule has 0 radical (unpaired) electrons. The quantitative estimate of drug-likeness (QED) is 0.803. The van der Waals surface area contributed by atoms with Crippen LogP contribution in [0.5, 0.6) is 0 Å². The highest BCUT2D eigenvalue weighted by Crippen LogP contribution is 2.15. The molecule has 1 aromatic rings. The van der Waals surface area contributed by atoms with Crippen molar-refractivity contribution in [2.45, 2.75) is 39.3 Å². The van der Waals surface area contributed by atoms with Crippen molar-refractivity contribution in [1.82, 2.24) is 10.3 Å². The van der Waals surface area contributed by atoms with Crippen molar-refractivity contribution >= 4 is 18.0 Å². The monoisotopic (exact) mass is 294 g/mol. The number of pyridine rings is 1. The van der Waals surface area contributed by atoms with Gasteiger partial charge in [-0.15, -0.1) is 0 Å². The van der Waals surface area contributed by atoms with Gasteiger partial charge in [-0.2, -0.15) is 0 Å². The van der Waals surface area contributed by atoms with Gasteiger partial charge in [0.1, 0.15) is 11.4 Å². The molecule has 6 nitrogen and oxygen atoms in total. The second kappa shape index (κ2) is 7.83. The Labute approximate surface area is 126 Å². The number of rotatable bonds is 2. The number of carbonyl (C=O) groups excluding carboxylic acids is 1. The molecule has 2 heterocycles. The Balaban J connectivity index is 0.000000270. The molecule has 0 bridgehead atoms. The Morgan fingerprint density at radius 1 is 1.48 bits per heavy atom. The maximum atomic E-state index is 9.60. The fourth-order valence-electron chi connectivity index (χ4n) is 1.90. The zero-order valence-electron chi connectivity index (χ0n) is 13.3. The predicted octanol–water partition coefficient (Wildman–Crippen LogP) is 1.42. The van der Waals surface area contributed by atoms with Crippen molar-refractivity contribution in [3.05, 3.63) is 18.3 Å². The number of nitrogens with zero attached hydrogens (tertiary/aromatic N) is 2. The molecule has 118 valence electrons. The number of hydrogen-bond donors (Lipinski definition) is 2. The molecule has 0 aromatic carbocycles. The molecule has 0 saturated carbocycles. The fraction of sp³-hybridized carbons (Fsp3) is 0.600. The summed E-state index contributed by atoms with van der Waals surface area (Å²) in [5.41, 5.74) is 6.38. The van der Waals surface area contributed by atoms with E-state index in [0.29, 0.717) is 18.3 Å². The summed E-state index contributed by atoms with van der Waals surface area (Å²) in [6.07, 6.45) is 1.84. The number of hydrogen-bond acceptors (Lipinski definition) is 6. The van der Waals surface area contributed by atoms with Crippen LogP contribution in [0.2, 0.25) is 0 Å². The second-order valence-corrected chi connectivity index (χ2v) is 6.07. The van der Waals surface area contributed by atoms with E-state index >= 15 is 0 Å². The molecular weight excluding hydrogens is 268 g/mol. The summed E-state index contributed by atoms with van der Waals surface area (Å²) in [5, 5.41) is 3.41. The number of aromatic nitrogens is 1. The lowest BCUT2D eigenvalue weighted by Crippen LogP contribution is -2.49. The van der Waals surface area contributed by atoms with Gasteiger partial charge in [-0.05, 0) is 39.8 Å². The summed E-state index contributed by atoms with van der Waals surface area (Å²) in [7, 11) is 0. The van der Waals surface area contributed by atoms with E-state index in [2.05, 4.69) is 26.9 Å². The highest BCUT2D eigenvalue weighted by Gasteiger charge is 2.15. The van der Waals surface area contributed by atoms with E-state index in [4.69, 9.17) is 5.73 Å². The van der Waals surface area contributed by atoms with E-state index in [9.17, 15) is 4.79 Å². The average molecular weight is 294 g/mol. The maximum Gasteiger partial charge on any atom is 0.293 e. The Morgan fingerprint density at radius 3 is 2.62 bits per heavy atom. The van der Waals surface area contributed by atoms with Crippen molar-refractivity contribution in [2.24, 2.45) is 0 Å². The number of nitrogens with two attached hydrogens (primary N) is 1. The van der Waals surface area contributed by atoms with Gasteiger partial charge in [-0.1, -0.05) is 0 Å². The van der Waals surface area contributed by atoms with E-state index in [-0.39, 0.29) is 5.60 Å². The van der Waals surface area contributed by atoms with Crippen LogP contribution in [0, 0.1) is 0 Å². The van der Waals surface area contributed by atoms with Gasteiger partial charge in [0, 0.05) is 25.7 Å². The van der Waals surface area contributed by atoms with Gasteiger partial charge in [-0.3, -0.25) is 4.79 Å². The van der Waals surface area contributed by atoms with Crippen LogP contribution in [0.1, 0.15) is 27.7 Å². The van der Waals surface area contributed by atoms with Gasteiger partial charge in [0.15, 0.2) is 0 Å². The highest BCUT2D eigenvalue weighted by atomic mass is 16.5. The molecule has 21 heavy (non-hydrogen) atoms. The number of carbonyl (C=O) groups is 1. The highest BCUT2D eigenvalue weighted by molar-refractivity contribution is 5.48. The summed E-state index contributed by atoms with van der Waals surface area (Å²) in [6.45, 7) is 11.2. The van der Waals surface area contributed by atoms with E-state index in [1.807, 2.05) is 39.1 Å². The van der Waals surface area contributed by atoms with E-state index < -0.39 is 0 Å². The fourth-order valence-corrected chi connectivity index (χ4v) is 1.90. The minimum atomic E-state index is -0.318. The van der Waals surface area contributed by atoms with E-state index in [1.54, 1.807) is 0 Å². The van der Waals surface area contributed by atoms with Gasteiger partial charge in [0.2, 0.25) is 0 Å². The third-order valence-electron chi connectivity index (χ3n) is 2.91. The van der Waals surface area contributed by atoms with Crippen LogP contribution < -0.4 is 16.0 Å². The van der Waals surface area contributed by atoms with E-state index in [0.717, 1.165) is 25.3 Å². The Kier molecular flexibility index (Phi) is 6.42. The molecule has 0 aliphatic carbocycles. The maximum absolute atomic E-state index is 9.60. The molecule has 1 aliphatic heterocycles. The third kappa shape index (κ3) is 6.94. The molecule has 1 aliphatic rings. The first-order valence-electron chi connectivity index (χ1n) is 7.13. The molecule has 1 fully saturated rings. The Hall–Kier alpha value is -1.82. The SMILES string of the molecule is CC(C)(C)OC=O.CC1CN(c2ccc(N)nc2)CCN1. The molecule has 6 heteroatoms. The first-order valence-corrected chi connectivity index (χ1v) is 7.13. The normalized spacial score (nSPS) is 18.5. The van der Waals surface area contributed by atoms with Gasteiger partial charge in [-0.25, -0.2) is 4.98 Å². The van der Waals surface area contributed by atoms with Crippen molar-refractivity contribution in [3.63, 3.8) is 0 Å². The van der Waals surface area contributed by atoms with Gasteiger partial charge in [0.05, 0.1) is 11.9 Å². The molecule has 1 unspecified atom stereocenters.